The van der Waals surface area contributed by atoms with Crippen molar-refractivity contribution in [3.05, 3.63) is 48.5 Å². The molecule has 0 radical (unpaired) electrons. The first-order valence-corrected chi connectivity index (χ1v) is 11.4. The van der Waals surface area contributed by atoms with E-state index in [4.69, 9.17) is 0 Å². The maximum Gasteiger partial charge on any atom is 1.00 e. The summed E-state index contributed by atoms with van der Waals surface area (Å²) in [5.74, 6) is 0. The predicted molar refractivity (Wildman–Crippen MR) is 111 cm³/mol. The van der Waals surface area contributed by atoms with Crippen LogP contribution in [0.3, 0.4) is 0 Å². The fourth-order valence-electron chi connectivity index (χ4n) is 2.88. The molecule has 0 N–H and O–H groups in total. The molecule has 0 atom stereocenters. The van der Waals surface area contributed by atoms with E-state index in [1.807, 2.05) is 0 Å². The summed E-state index contributed by atoms with van der Waals surface area (Å²) in [5.41, 5.74) is 0. The molecule has 2 aromatic rings. The van der Waals surface area contributed by atoms with Crippen molar-refractivity contribution in [3.63, 3.8) is 0 Å². The van der Waals surface area contributed by atoms with E-state index in [9.17, 15) is 13.0 Å². The second-order valence-corrected chi connectivity index (χ2v) is 7.81. The molecule has 2 rings (SSSR count). The quantitative estimate of drug-likeness (QED) is 0.231. The first-order valence-electron chi connectivity index (χ1n) is 10.1. The number of rotatable bonds is 12. The van der Waals surface area contributed by atoms with Crippen molar-refractivity contribution < 1.29 is 46.7 Å². The van der Waals surface area contributed by atoms with Gasteiger partial charge in [0.2, 0.25) is 10.4 Å². The smallest absolute Gasteiger partial charge is 0.726 e. The van der Waals surface area contributed by atoms with Crippen LogP contribution >= 0.6 is 0 Å². The van der Waals surface area contributed by atoms with Gasteiger partial charge in [-0.2, -0.15) is 0 Å². The number of hydrogen-bond acceptors (Lipinski definition) is 4. The van der Waals surface area contributed by atoms with Crippen molar-refractivity contribution in [1.82, 2.24) is 0 Å². The van der Waals surface area contributed by atoms with Gasteiger partial charge in [-0.05, 0) is 17.2 Å². The topological polar surface area (TPSA) is 66.4 Å². The molecule has 0 saturated heterocycles. The monoisotopic (exact) mass is 416 g/mol. The average molecular weight is 417 g/mol. The van der Waals surface area contributed by atoms with Gasteiger partial charge >= 0.3 is 29.6 Å². The molecular formula is C22H33NaO4S. The van der Waals surface area contributed by atoms with E-state index >= 15 is 0 Å². The van der Waals surface area contributed by atoms with Crippen LogP contribution in [0.5, 0.6) is 0 Å². The Balaban J connectivity index is 0.000000558. The van der Waals surface area contributed by atoms with Crippen molar-refractivity contribution in [2.24, 2.45) is 0 Å². The molecule has 0 amide bonds. The Morgan fingerprint density at radius 2 is 1.07 bits per heavy atom. The molecular weight excluding hydrogens is 383 g/mol. The summed E-state index contributed by atoms with van der Waals surface area (Å²) in [7, 11) is -4.48. The zero-order valence-corrected chi connectivity index (χ0v) is 20.3. The number of fused-ring (bicyclic) bond motifs is 1. The second-order valence-electron chi connectivity index (χ2n) is 6.76. The Morgan fingerprint density at radius 1 is 0.714 bits per heavy atom. The molecule has 0 bridgehead atoms. The van der Waals surface area contributed by atoms with Crippen molar-refractivity contribution in [1.29, 1.82) is 0 Å². The van der Waals surface area contributed by atoms with Crippen LogP contribution in [0.2, 0.25) is 0 Å². The van der Waals surface area contributed by atoms with Crippen LogP contribution in [0.4, 0.5) is 0 Å². The summed E-state index contributed by atoms with van der Waals surface area (Å²) >= 11 is 0. The standard InChI is InChI=1S/C12H26O4S.C10H8.Na/c1-2-3-4-5-6-7-8-9-10-11-12-16-17(13,14)15;1-2-6-10-8-4-3-7-9(10)5-1;/h2-12H2,1H3,(H,13,14,15);1-8H;/q;;+1/p-1. The largest absolute Gasteiger partial charge is 1.00 e. The summed E-state index contributed by atoms with van der Waals surface area (Å²) in [6, 6.07) is 16.7. The Morgan fingerprint density at radius 3 is 1.43 bits per heavy atom. The minimum Gasteiger partial charge on any atom is -0.726 e. The van der Waals surface area contributed by atoms with Crippen LogP contribution < -0.4 is 29.6 Å². The van der Waals surface area contributed by atoms with Gasteiger partial charge in [-0.1, -0.05) is 113 Å². The summed E-state index contributed by atoms with van der Waals surface area (Å²) in [4.78, 5) is 0. The minimum atomic E-state index is -4.48. The zero-order chi connectivity index (χ0) is 19.8. The van der Waals surface area contributed by atoms with E-state index in [0.717, 1.165) is 12.8 Å². The molecule has 0 saturated carbocycles. The number of unbranched alkanes of at least 4 members (excludes halogenated alkanes) is 9. The van der Waals surface area contributed by atoms with Gasteiger partial charge in [0.25, 0.3) is 0 Å². The Bertz CT molecular complexity index is 654. The predicted octanol–water partition coefficient (Wildman–Crippen LogP) is 3.23. The van der Waals surface area contributed by atoms with E-state index < -0.39 is 10.4 Å². The maximum absolute atomic E-state index is 10.1. The average Bonchev–Trinajstić information content (AvgIpc) is 2.66. The van der Waals surface area contributed by atoms with Gasteiger partial charge in [0.15, 0.2) is 0 Å². The fourth-order valence-corrected chi connectivity index (χ4v) is 3.21. The van der Waals surface area contributed by atoms with Crippen LogP contribution in [0.15, 0.2) is 48.5 Å². The van der Waals surface area contributed by atoms with Crippen molar-refractivity contribution in [3.8, 4) is 0 Å². The molecule has 0 aliphatic heterocycles. The third-order valence-corrected chi connectivity index (χ3v) is 4.84. The zero-order valence-electron chi connectivity index (χ0n) is 17.4. The first kappa shape index (κ1) is 27.6. The minimum absolute atomic E-state index is 0. The van der Waals surface area contributed by atoms with Crippen LogP contribution in [0.25, 0.3) is 10.8 Å². The molecule has 0 aliphatic carbocycles. The fraction of sp³-hybridized carbons (Fsp3) is 0.545. The molecule has 4 nitrogen and oxygen atoms in total. The summed E-state index contributed by atoms with van der Waals surface area (Å²) in [6.07, 6.45) is 11.7. The third-order valence-electron chi connectivity index (χ3n) is 4.38. The Kier molecular flexibility index (Phi) is 17.2. The molecule has 152 valence electrons. The van der Waals surface area contributed by atoms with Gasteiger partial charge < -0.3 is 4.55 Å². The van der Waals surface area contributed by atoms with Crippen LogP contribution in [-0.2, 0) is 14.6 Å². The summed E-state index contributed by atoms with van der Waals surface area (Å²) in [5, 5.41) is 2.62. The van der Waals surface area contributed by atoms with E-state index in [1.165, 1.54) is 55.7 Å². The van der Waals surface area contributed by atoms with Crippen molar-refractivity contribution in [2.75, 3.05) is 6.61 Å². The summed E-state index contributed by atoms with van der Waals surface area (Å²) < 4.78 is 34.5. The Labute approximate surface area is 193 Å². The van der Waals surface area contributed by atoms with Gasteiger partial charge in [0.1, 0.15) is 0 Å². The molecule has 0 aromatic heterocycles. The molecule has 0 spiro atoms. The molecule has 0 heterocycles. The molecule has 28 heavy (non-hydrogen) atoms. The van der Waals surface area contributed by atoms with Crippen LogP contribution in [0, 0.1) is 0 Å². The normalized spacial score (nSPS) is 10.8. The van der Waals surface area contributed by atoms with Gasteiger partial charge in [-0.15, -0.1) is 0 Å². The van der Waals surface area contributed by atoms with Crippen LogP contribution in [-0.4, -0.2) is 19.6 Å². The van der Waals surface area contributed by atoms with Crippen LogP contribution in [0.1, 0.15) is 71.1 Å². The third kappa shape index (κ3) is 15.5. The van der Waals surface area contributed by atoms with E-state index in [2.05, 4.69) is 59.6 Å². The van der Waals surface area contributed by atoms with E-state index in [0.29, 0.717) is 6.42 Å². The van der Waals surface area contributed by atoms with Gasteiger partial charge in [-0.25, -0.2) is 8.42 Å². The molecule has 0 aliphatic rings. The Hall–Kier alpha value is -0.430. The van der Waals surface area contributed by atoms with Gasteiger partial charge in [0, 0.05) is 0 Å². The number of hydrogen-bond donors (Lipinski definition) is 0. The molecule has 0 unspecified atom stereocenters. The van der Waals surface area contributed by atoms with Gasteiger partial charge in [0.05, 0.1) is 6.61 Å². The summed E-state index contributed by atoms with van der Waals surface area (Å²) in [6.45, 7) is 2.24. The van der Waals surface area contributed by atoms with Crippen molar-refractivity contribution in [2.45, 2.75) is 71.1 Å². The van der Waals surface area contributed by atoms with E-state index in [1.54, 1.807) is 0 Å². The molecule has 2 aromatic carbocycles. The number of benzene rings is 2. The van der Waals surface area contributed by atoms with Gasteiger partial charge in [-0.3, -0.25) is 4.18 Å². The second kappa shape index (κ2) is 17.4. The first-order chi connectivity index (χ1) is 13.0. The maximum atomic E-state index is 10.1. The van der Waals surface area contributed by atoms with E-state index in [-0.39, 0.29) is 36.2 Å². The van der Waals surface area contributed by atoms with Crippen molar-refractivity contribution >= 4 is 21.2 Å². The molecule has 0 fully saturated rings. The SMILES string of the molecule is CCCCCCCCCCCCOS(=O)(=O)[O-].[Na+].c1ccc2ccccc2c1. The molecule has 6 heteroatoms.